The van der Waals surface area contributed by atoms with Gasteiger partial charge in [0.1, 0.15) is 6.04 Å². The first-order valence-electron chi connectivity index (χ1n) is 12.0. The van der Waals surface area contributed by atoms with Crippen LogP contribution in [0.4, 0.5) is 0 Å². The van der Waals surface area contributed by atoms with Crippen LogP contribution in [0.25, 0.3) is 0 Å². The molecule has 2 amide bonds. The zero-order valence-electron chi connectivity index (χ0n) is 19.4. The first kappa shape index (κ1) is 23.2. The molecule has 33 heavy (non-hydrogen) atoms. The summed E-state index contributed by atoms with van der Waals surface area (Å²) in [6.45, 7) is 1.79. The highest BCUT2D eigenvalue weighted by molar-refractivity contribution is 6.09. The fourth-order valence-electron chi connectivity index (χ4n) is 5.06. The normalized spacial score (nSPS) is 23.9. The first-order valence-corrected chi connectivity index (χ1v) is 12.0. The van der Waals surface area contributed by atoms with Crippen molar-refractivity contribution in [2.45, 2.75) is 69.6 Å². The minimum absolute atomic E-state index is 0.00126. The number of nitrogens with zero attached hydrogens (tertiary/aromatic N) is 1. The number of carbonyl (C=O) groups is 3. The fraction of sp³-hybridized carbons (Fsp3) is 0.444. The van der Waals surface area contributed by atoms with Crippen molar-refractivity contribution in [2.75, 3.05) is 7.05 Å². The SMILES string of the molecule is CNC(C)C(=O)N[C@H]1CCCC[C@H]2CC[C@@H](c3cccc(C(=O)c4ccccc4)c3)N2C1=O. The summed E-state index contributed by atoms with van der Waals surface area (Å²) in [5.41, 5.74) is 2.28. The Hall–Kier alpha value is -2.99. The number of hydrogen-bond donors (Lipinski definition) is 2. The van der Waals surface area contributed by atoms with Crippen LogP contribution in [-0.4, -0.2) is 47.7 Å². The van der Waals surface area contributed by atoms with E-state index in [9.17, 15) is 14.4 Å². The van der Waals surface area contributed by atoms with Gasteiger partial charge >= 0.3 is 0 Å². The van der Waals surface area contributed by atoms with Gasteiger partial charge < -0.3 is 15.5 Å². The predicted octanol–water partition coefficient (Wildman–Crippen LogP) is 3.62. The molecule has 0 radical (unpaired) electrons. The molecule has 2 fully saturated rings. The molecule has 2 saturated heterocycles. The molecule has 0 bridgehead atoms. The molecule has 4 rings (SSSR count). The van der Waals surface area contributed by atoms with Crippen LogP contribution in [0.5, 0.6) is 0 Å². The van der Waals surface area contributed by atoms with E-state index < -0.39 is 6.04 Å². The molecule has 2 N–H and O–H groups in total. The summed E-state index contributed by atoms with van der Waals surface area (Å²) in [6.07, 6.45) is 5.43. The fourth-order valence-corrected chi connectivity index (χ4v) is 5.06. The molecule has 6 nitrogen and oxygen atoms in total. The number of likely N-dealkylation sites (N-methyl/N-ethyl adjacent to an activating group) is 1. The van der Waals surface area contributed by atoms with Gasteiger partial charge in [-0.15, -0.1) is 0 Å². The largest absolute Gasteiger partial charge is 0.343 e. The standard InChI is InChI=1S/C27H33N3O3/c1-18(28-2)26(32)29-23-14-7-6-13-22-15-16-24(30(22)27(23)33)20-11-8-12-21(17-20)25(31)19-9-4-3-5-10-19/h3-5,8-12,17-18,22-24,28H,6-7,13-16H2,1-2H3,(H,29,32)/t18?,22-,23-,24-/m0/s1. The van der Waals surface area contributed by atoms with E-state index in [1.54, 1.807) is 14.0 Å². The minimum atomic E-state index is -0.508. The third kappa shape index (κ3) is 5.01. The van der Waals surface area contributed by atoms with E-state index in [-0.39, 0.29) is 35.7 Å². The van der Waals surface area contributed by atoms with E-state index in [4.69, 9.17) is 0 Å². The number of rotatable bonds is 6. The van der Waals surface area contributed by atoms with Gasteiger partial charge in [0.05, 0.1) is 12.1 Å². The lowest BCUT2D eigenvalue weighted by Gasteiger charge is -2.36. The van der Waals surface area contributed by atoms with E-state index in [0.717, 1.165) is 37.7 Å². The topological polar surface area (TPSA) is 78.5 Å². The van der Waals surface area contributed by atoms with Crippen LogP contribution in [0.15, 0.2) is 54.6 Å². The van der Waals surface area contributed by atoms with Crippen LogP contribution < -0.4 is 10.6 Å². The van der Waals surface area contributed by atoms with Gasteiger partial charge in [0.2, 0.25) is 11.8 Å². The van der Waals surface area contributed by atoms with E-state index in [1.807, 2.05) is 59.5 Å². The Balaban J connectivity index is 1.59. The van der Waals surface area contributed by atoms with E-state index in [2.05, 4.69) is 10.6 Å². The summed E-state index contributed by atoms with van der Waals surface area (Å²) in [5.74, 6) is -0.171. The van der Waals surface area contributed by atoms with Gasteiger partial charge in [-0.2, -0.15) is 0 Å². The summed E-state index contributed by atoms with van der Waals surface area (Å²) in [5, 5.41) is 5.92. The third-order valence-corrected chi connectivity index (χ3v) is 7.05. The van der Waals surface area contributed by atoms with Crippen LogP contribution in [0, 0.1) is 0 Å². The Kier molecular flexibility index (Phi) is 7.23. The zero-order valence-corrected chi connectivity index (χ0v) is 19.4. The summed E-state index contributed by atoms with van der Waals surface area (Å²) >= 11 is 0. The van der Waals surface area contributed by atoms with Gasteiger partial charge in [0, 0.05) is 17.2 Å². The number of ketones is 1. The van der Waals surface area contributed by atoms with Gasteiger partial charge in [-0.3, -0.25) is 14.4 Å². The second-order valence-corrected chi connectivity index (χ2v) is 9.17. The molecule has 0 spiro atoms. The number of carbonyl (C=O) groups excluding carboxylic acids is 3. The summed E-state index contributed by atoms with van der Waals surface area (Å²) < 4.78 is 0. The van der Waals surface area contributed by atoms with E-state index in [0.29, 0.717) is 17.5 Å². The molecule has 6 heteroatoms. The molecular formula is C27H33N3O3. The third-order valence-electron chi connectivity index (χ3n) is 7.05. The molecule has 1 unspecified atom stereocenters. The van der Waals surface area contributed by atoms with Gasteiger partial charge in [-0.25, -0.2) is 0 Å². The molecule has 2 aromatic rings. The van der Waals surface area contributed by atoms with Gasteiger partial charge in [-0.05, 0) is 51.3 Å². The van der Waals surface area contributed by atoms with Crippen LogP contribution in [0.3, 0.4) is 0 Å². The monoisotopic (exact) mass is 447 g/mol. The van der Waals surface area contributed by atoms with Crippen molar-refractivity contribution in [3.63, 3.8) is 0 Å². The molecule has 0 aliphatic carbocycles. The molecule has 174 valence electrons. The number of nitrogens with one attached hydrogen (secondary N) is 2. The number of benzene rings is 2. The number of amides is 2. The maximum atomic E-state index is 13.7. The lowest BCUT2D eigenvalue weighted by Crippen LogP contribution is -2.54. The predicted molar refractivity (Wildman–Crippen MR) is 128 cm³/mol. The number of fused-ring (bicyclic) bond motifs is 1. The van der Waals surface area contributed by atoms with Crippen molar-refractivity contribution in [2.24, 2.45) is 0 Å². The van der Waals surface area contributed by atoms with Gasteiger partial charge in [0.25, 0.3) is 0 Å². The molecule has 0 aromatic heterocycles. The average Bonchev–Trinajstić information content (AvgIpc) is 3.27. The molecule has 2 aromatic carbocycles. The Bertz CT molecular complexity index is 1010. The second kappa shape index (κ2) is 10.3. The molecule has 2 aliphatic rings. The Labute approximate surface area is 195 Å². The minimum Gasteiger partial charge on any atom is -0.343 e. The van der Waals surface area contributed by atoms with Crippen molar-refractivity contribution in [3.05, 3.63) is 71.3 Å². The highest BCUT2D eigenvalue weighted by atomic mass is 16.2. The van der Waals surface area contributed by atoms with Crippen molar-refractivity contribution < 1.29 is 14.4 Å². The number of hydrogen-bond acceptors (Lipinski definition) is 4. The molecule has 2 heterocycles. The highest BCUT2D eigenvalue weighted by Gasteiger charge is 2.41. The van der Waals surface area contributed by atoms with Crippen LogP contribution in [0.2, 0.25) is 0 Å². The van der Waals surface area contributed by atoms with Crippen LogP contribution in [0.1, 0.15) is 73.0 Å². The van der Waals surface area contributed by atoms with Crippen LogP contribution >= 0.6 is 0 Å². The Morgan fingerprint density at radius 2 is 1.67 bits per heavy atom. The van der Waals surface area contributed by atoms with Crippen molar-refractivity contribution in [1.82, 2.24) is 15.5 Å². The van der Waals surface area contributed by atoms with Crippen molar-refractivity contribution in [3.8, 4) is 0 Å². The second-order valence-electron chi connectivity index (χ2n) is 9.17. The Morgan fingerprint density at radius 1 is 0.939 bits per heavy atom. The Morgan fingerprint density at radius 3 is 2.42 bits per heavy atom. The maximum absolute atomic E-state index is 13.7. The van der Waals surface area contributed by atoms with E-state index in [1.165, 1.54) is 0 Å². The van der Waals surface area contributed by atoms with Crippen molar-refractivity contribution in [1.29, 1.82) is 0 Å². The lowest BCUT2D eigenvalue weighted by molar-refractivity contribution is -0.140. The maximum Gasteiger partial charge on any atom is 0.245 e. The summed E-state index contributed by atoms with van der Waals surface area (Å²) in [6, 6.07) is 16.2. The lowest BCUT2D eigenvalue weighted by atomic mass is 9.96. The molecular weight excluding hydrogens is 414 g/mol. The van der Waals surface area contributed by atoms with E-state index >= 15 is 0 Å². The zero-order chi connectivity index (χ0) is 23.4. The first-order chi connectivity index (χ1) is 16.0. The smallest absolute Gasteiger partial charge is 0.245 e. The van der Waals surface area contributed by atoms with Crippen molar-refractivity contribution >= 4 is 17.6 Å². The van der Waals surface area contributed by atoms with Gasteiger partial charge in [0.15, 0.2) is 5.78 Å². The quantitative estimate of drug-likeness (QED) is 0.663. The summed E-state index contributed by atoms with van der Waals surface area (Å²) in [7, 11) is 1.74. The molecule has 4 atom stereocenters. The molecule has 2 aliphatic heterocycles. The summed E-state index contributed by atoms with van der Waals surface area (Å²) in [4.78, 5) is 41.2. The molecule has 0 saturated carbocycles. The average molecular weight is 448 g/mol. The van der Waals surface area contributed by atoms with Gasteiger partial charge in [-0.1, -0.05) is 61.4 Å². The highest BCUT2D eigenvalue weighted by Crippen LogP contribution is 2.40. The van der Waals surface area contributed by atoms with Crippen LogP contribution in [-0.2, 0) is 9.59 Å².